The van der Waals surface area contributed by atoms with Crippen LogP contribution in [-0.4, -0.2) is 75.8 Å². The van der Waals surface area contributed by atoms with Crippen molar-refractivity contribution in [3.8, 4) is 0 Å². The van der Waals surface area contributed by atoms with Crippen LogP contribution in [-0.2, 0) is 0 Å². The van der Waals surface area contributed by atoms with Gasteiger partial charge in [0.2, 0.25) is 0 Å². The van der Waals surface area contributed by atoms with Crippen molar-refractivity contribution in [2.45, 2.75) is 0 Å². The predicted molar refractivity (Wildman–Crippen MR) is 51.0 cm³/mol. The Bertz CT molecular complexity index is 90.1. The van der Waals surface area contributed by atoms with Gasteiger partial charge in [-0.1, -0.05) is 0 Å². The maximum atomic E-state index is 8.58. The molecule has 0 rings (SSSR count). The molecular formula is C6H18N3O3Sb. The number of aliphatic hydroxyl groups excluding tert-OH is 3. The van der Waals surface area contributed by atoms with E-state index in [1.54, 1.807) is 0 Å². The molecule has 6 N–H and O–H groups in total. The SMILES string of the molecule is OCC[NH][Sb]([NH]CCO)[NH]CCO. The standard InChI is InChI=1S/3C2H6NO.Sb/c3*3-1-2-4;/h3*3-4H,1-2H2;/q3*-1;+3. The van der Waals surface area contributed by atoms with Crippen LogP contribution in [0, 0.1) is 0 Å². The van der Waals surface area contributed by atoms with Crippen LogP contribution < -0.4 is 10.4 Å². The van der Waals surface area contributed by atoms with Gasteiger partial charge in [0.15, 0.2) is 0 Å². The van der Waals surface area contributed by atoms with Crippen LogP contribution in [0.3, 0.4) is 0 Å². The summed E-state index contributed by atoms with van der Waals surface area (Å²) >= 11 is -1.94. The fraction of sp³-hybridized carbons (Fsp3) is 1.00. The van der Waals surface area contributed by atoms with Crippen molar-refractivity contribution in [3.05, 3.63) is 0 Å². The van der Waals surface area contributed by atoms with E-state index in [-0.39, 0.29) is 19.8 Å². The summed E-state index contributed by atoms with van der Waals surface area (Å²) in [7, 11) is 0. The Kier molecular flexibility index (Phi) is 11.1. The molecule has 7 heteroatoms. The Labute approximate surface area is 86.4 Å². The second-order valence-corrected chi connectivity index (χ2v) is 6.85. The van der Waals surface area contributed by atoms with E-state index in [0.29, 0.717) is 19.6 Å². The van der Waals surface area contributed by atoms with Crippen molar-refractivity contribution in [1.82, 2.24) is 10.4 Å². The summed E-state index contributed by atoms with van der Waals surface area (Å²) < 4.78 is 9.38. The Hall–Kier alpha value is 0.578. The topological polar surface area (TPSA) is 96.8 Å². The minimum absolute atomic E-state index is 0.0995. The van der Waals surface area contributed by atoms with E-state index in [0.717, 1.165) is 0 Å². The molecule has 0 saturated heterocycles. The summed E-state index contributed by atoms with van der Waals surface area (Å²) in [5.41, 5.74) is 0. The molecule has 80 valence electrons. The Morgan fingerprint density at radius 3 is 1.23 bits per heavy atom. The van der Waals surface area contributed by atoms with Gasteiger partial charge < -0.3 is 0 Å². The first-order chi connectivity index (χ1) is 6.35. The molecule has 0 aromatic rings. The second-order valence-electron chi connectivity index (χ2n) is 2.23. The molecule has 0 spiro atoms. The zero-order valence-corrected chi connectivity index (χ0v) is 10.1. The van der Waals surface area contributed by atoms with Gasteiger partial charge in [-0.15, -0.1) is 0 Å². The summed E-state index contributed by atoms with van der Waals surface area (Å²) in [6, 6.07) is 0. The zero-order chi connectivity index (χ0) is 9.94. The van der Waals surface area contributed by atoms with Crippen LogP contribution in [0.2, 0.25) is 0 Å². The molecule has 0 aromatic carbocycles. The number of nitrogens with one attached hydrogen (secondary N) is 3. The number of rotatable bonds is 9. The van der Waals surface area contributed by atoms with Gasteiger partial charge in [-0.3, -0.25) is 0 Å². The molecule has 0 bridgehead atoms. The van der Waals surface area contributed by atoms with Gasteiger partial charge in [-0.2, -0.15) is 0 Å². The molecule has 0 atom stereocenters. The van der Waals surface area contributed by atoms with Crippen LogP contribution in [0.15, 0.2) is 0 Å². The van der Waals surface area contributed by atoms with Gasteiger partial charge in [0.05, 0.1) is 0 Å². The monoisotopic (exact) mass is 301 g/mol. The van der Waals surface area contributed by atoms with Gasteiger partial charge >= 0.3 is 86.2 Å². The summed E-state index contributed by atoms with van der Waals surface area (Å²) in [6.07, 6.45) is 0. The van der Waals surface area contributed by atoms with Gasteiger partial charge in [0, 0.05) is 0 Å². The molecule has 0 aromatic heterocycles. The summed E-state index contributed by atoms with van der Waals surface area (Å²) in [6.45, 7) is 1.92. The molecule has 0 saturated carbocycles. The second kappa shape index (κ2) is 10.7. The maximum absolute atomic E-state index is 8.58. The molecule has 0 aliphatic rings. The van der Waals surface area contributed by atoms with E-state index in [9.17, 15) is 0 Å². The van der Waals surface area contributed by atoms with Crippen molar-refractivity contribution >= 4 is 21.0 Å². The Balaban J connectivity index is 3.47. The number of hydrogen-bond acceptors (Lipinski definition) is 6. The first-order valence-electron chi connectivity index (χ1n) is 4.18. The van der Waals surface area contributed by atoms with Crippen LogP contribution in [0.5, 0.6) is 0 Å². The van der Waals surface area contributed by atoms with Crippen molar-refractivity contribution in [3.63, 3.8) is 0 Å². The van der Waals surface area contributed by atoms with E-state index in [1.165, 1.54) is 0 Å². The Morgan fingerprint density at radius 1 is 0.692 bits per heavy atom. The third-order valence-corrected chi connectivity index (χ3v) is 5.77. The molecule has 13 heavy (non-hydrogen) atoms. The molecule has 0 radical (unpaired) electrons. The first kappa shape index (κ1) is 13.6. The summed E-state index contributed by atoms with van der Waals surface area (Å²) in [5.74, 6) is 0. The predicted octanol–water partition coefficient (Wildman–Crippen LogP) is -3.28. The normalized spacial score (nSPS) is 11.1. The fourth-order valence-electron chi connectivity index (χ4n) is 0.653. The molecule has 0 aliphatic carbocycles. The van der Waals surface area contributed by atoms with Crippen LogP contribution in [0.4, 0.5) is 0 Å². The van der Waals surface area contributed by atoms with Crippen molar-refractivity contribution in [1.29, 1.82) is 0 Å². The molecule has 6 nitrogen and oxygen atoms in total. The third kappa shape index (κ3) is 8.90. The zero-order valence-electron chi connectivity index (χ0n) is 7.53. The first-order valence-corrected chi connectivity index (χ1v) is 8.01. The van der Waals surface area contributed by atoms with Gasteiger partial charge in [0.25, 0.3) is 0 Å². The minimum atomic E-state index is -1.94. The molecule has 0 amide bonds. The van der Waals surface area contributed by atoms with Gasteiger partial charge in [-0.05, 0) is 0 Å². The Morgan fingerprint density at radius 2 is 1.00 bits per heavy atom. The van der Waals surface area contributed by atoms with Crippen LogP contribution >= 0.6 is 0 Å². The molecular weight excluding hydrogens is 284 g/mol. The van der Waals surface area contributed by atoms with Crippen molar-refractivity contribution in [2.24, 2.45) is 0 Å². The van der Waals surface area contributed by atoms with Crippen molar-refractivity contribution < 1.29 is 15.3 Å². The molecule has 0 unspecified atom stereocenters. The van der Waals surface area contributed by atoms with Crippen LogP contribution in [0.1, 0.15) is 0 Å². The summed E-state index contributed by atoms with van der Waals surface area (Å²) in [4.78, 5) is 0. The van der Waals surface area contributed by atoms with E-state index >= 15 is 0 Å². The quantitative estimate of drug-likeness (QED) is 0.250. The molecule has 0 fully saturated rings. The fourth-order valence-corrected chi connectivity index (χ4v) is 4.38. The van der Waals surface area contributed by atoms with Gasteiger partial charge in [0.1, 0.15) is 0 Å². The van der Waals surface area contributed by atoms with Crippen LogP contribution in [0.25, 0.3) is 0 Å². The molecule has 0 aliphatic heterocycles. The van der Waals surface area contributed by atoms with E-state index in [1.807, 2.05) is 0 Å². The van der Waals surface area contributed by atoms with E-state index in [4.69, 9.17) is 15.3 Å². The average molecular weight is 302 g/mol. The average Bonchev–Trinajstić information content (AvgIpc) is 2.17. The molecule has 0 heterocycles. The van der Waals surface area contributed by atoms with Crippen molar-refractivity contribution in [2.75, 3.05) is 39.5 Å². The van der Waals surface area contributed by atoms with Gasteiger partial charge in [-0.25, -0.2) is 0 Å². The number of aliphatic hydroxyl groups is 3. The summed E-state index contributed by atoms with van der Waals surface area (Å²) in [5, 5.41) is 25.7. The van der Waals surface area contributed by atoms with E-state index < -0.39 is 21.0 Å². The number of hydrogen-bond donors (Lipinski definition) is 6. The van der Waals surface area contributed by atoms with E-state index in [2.05, 4.69) is 10.4 Å². The third-order valence-electron chi connectivity index (χ3n) is 1.15.